The Hall–Kier alpha value is -2.11. The molecule has 2 aromatic rings. The Balaban J connectivity index is 1.30. The minimum atomic E-state index is 0.137. The Labute approximate surface area is 134 Å². The lowest BCUT2D eigenvalue weighted by atomic mass is 10.1. The predicted molar refractivity (Wildman–Crippen MR) is 82.3 cm³/mol. The Morgan fingerprint density at radius 1 is 1.17 bits per heavy atom. The van der Waals surface area contributed by atoms with Crippen molar-refractivity contribution >= 4 is 5.91 Å². The first kappa shape index (κ1) is 13.3. The Bertz CT molecular complexity index is 741. The number of carbonyl (C=O) groups is 1. The van der Waals surface area contributed by atoms with Crippen molar-refractivity contribution in [2.75, 3.05) is 13.1 Å². The van der Waals surface area contributed by atoms with Gasteiger partial charge in [-0.25, -0.2) is 0 Å². The van der Waals surface area contributed by atoms with E-state index in [9.17, 15) is 4.79 Å². The zero-order chi connectivity index (χ0) is 15.4. The van der Waals surface area contributed by atoms with Crippen molar-refractivity contribution < 1.29 is 9.32 Å². The maximum Gasteiger partial charge on any atom is 0.255 e. The van der Waals surface area contributed by atoms with Gasteiger partial charge in [0, 0.05) is 30.9 Å². The number of H-pyrrole nitrogens is 1. The highest BCUT2D eigenvalue weighted by Crippen LogP contribution is 2.42. The summed E-state index contributed by atoms with van der Waals surface area (Å²) in [6.45, 7) is 1.44. The standard InChI is InChI=1S/C17H20N4O2/c22-17(13-5-7-18-14(13)10-1-2-10)21-8-6-12(9-21)16-19-15(20-23-16)11-3-4-11/h5,7,10-12,18H,1-4,6,8-9H2/t12-/m0/s1. The molecular weight excluding hydrogens is 292 g/mol. The van der Waals surface area contributed by atoms with Gasteiger partial charge in [0.2, 0.25) is 5.89 Å². The van der Waals surface area contributed by atoms with Crippen molar-refractivity contribution in [3.05, 3.63) is 35.2 Å². The summed E-state index contributed by atoms with van der Waals surface area (Å²) in [7, 11) is 0. The van der Waals surface area contributed by atoms with Crippen molar-refractivity contribution in [2.24, 2.45) is 0 Å². The van der Waals surface area contributed by atoms with Crippen LogP contribution in [0.4, 0.5) is 0 Å². The lowest BCUT2D eigenvalue weighted by Crippen LogP contribution is -2.29. The van der Waals surface area contributed by atoms with Gasteiger partial charge in [-0.1, -0.05) is 5.16 Å². The topological polar surface area (TPSA) is 75.0 Å². The van der Waals surface area contributed by atoms with Crippen LogP contribution in [0, 0.1) is 0 Å². The van der Waals surface area contributed by atoms with Crippen LogP contribution in [0.2, 0.25) is 0 Å². The molecule has 0 radical (unpaired) electrons. The minimum absolute atomic E-state index is 0.137. The summed E-state index contributed by atoms with van der Waals surface area (Å²) in [5.41, 5.74) is 1.96. The van der Waals surface area contributed by atoms with E-state index in [0.29, 0.717) is 24.3 Å². The average molecular weight is 312 g/mol. The number of aromatic nitrogens is 3. The van der Waals surface area contributed by atoms with Crippen molar-refractivity contribution in [1.29, 1.82) is 0 Å². The molecule has 1 amide bonds. The van der Waals surface area contributed by atoms with Gasteiger partial charge in [0.1, 0.15) is 0 Å². The highest BCUT2D eigenvalue weighted by atomic mass is 16.5. The largest absolute Gasteiger partial charge is 0.364 e. The van der Waals surface area contributed by atoms with E-state index in [1.807, 2.05) is 17.2 Å². The molecule has 2 aliphatic carbocycles. The van der Waals surface area contributed by atoms with Crippen molar-refractivity contribution in [2.45, 2.75) is 49.9 Å². The summed E-state index contributed by atoms with van der Waals surface area (Å²) in [4.78, 5) is 22.5. The number of likely N-dealkylation sites (tertiary alicyclic amines) is 1. The van der Waals surface area contributed by atoms with E-state index in [1.54, 1.807) is 0 Å². The SMILES string of the molecule is O=C(c1cc[nH]c1C1CC1)N1CC[C@H](c2nc(C3CC3)no2)C1. The van der Waals surface area contributed by atoms with Crippen LogP contribution in [-0.2, 0) is 0 Å². The van der Waals surface area contributed by atoms with E-state index in [4.69, 9.17) is 4.52 Å². The van der Waals surface area contributed by atoms with E-state index in [2.05, 4.69) is 15.1 Å². The molecule has 1 saturated heterocycles. The average Bonchev–Trinajstić information content (AvgIpc) is 3.43. The molecule has 2 aromatic heterocycles. The Morgan fingerprint density at radius 3 is 2.78 bits per heavy atom. The smallest absolute Gasteiger partial charge is 0.255 e. The molecule has 6 nitrogen and oxygen atoms in total. The number of aromatic amines is 1. The first-order chi connectivity index (χ1) is 11.3. The zero-order valence-corrected chi connectivity index (χ0v) is 13.0. The molecule has 5 rings (SSSR count). The monoisotopic (exact) mass is 312 g/mol. The molecule has 0 aromatic carbocycles. The van der Waals surface area contributed by atoms with E-state index >= 15 is 0 Å². The maximum atomic E-state index is 12.8. The number of rotatable bonds is 4. The molecule has 23 heavy (non-hydrogen) atoms. The first-order valence-corrected chi connectivity index (χ1v) is 8.59. The number of hydrogen-bond acceptors (Lipinski definition) is 4. The van der Waals surface area contributed by atoms with Crippen molar-refractivity contribution in [3.8, 4) is 0 Å². The van der Waals surface area contributed by atoms with Gasteiger partial charge in [0.05, 0.1) is 11.5 Å². The zero-order valence-electron chi connectivity index (χ0n) is 13.0. The summed E-state index contributed by atoms with van der Waals surface area (Å²) in [5, 5.41) is 4.09. The van der Waals surface area contributed by atoms with Gasteiger partial charge >= 0.3 is 0 Å². The summed E-state index contributed by atoms with van der Waals surface area (Å²) in [6, 6.07) is 1.92. The fourth-order valence-electron chi connectivity index (χ4n) is 3.52. The van der Waals surface area contributed by atoms with Gasteiger partial charge in [-0.3, -0.25) is 4.79 Å². The fraction of sp³-hybridized carbons (Fsp3) is 0.588. The van der Waals surface area contributed by atoms with Gasteiger partial charge in [-0.2, -0.15) is 4.98 Å². The second kappa shape index (κ2) is 4.94. The molecule has 0 bridgehead atoms. The van der Waals surface area contributed by atoms with E-state index < -0.39 is 0 Å². The van der Waals surface area contributed by atoms with Crippen LogP contribution in [0.5, 0.6) is 0 Å². The highest BCUT2D eigenvalue weighted by Gasteiger charge is 2.36. The first-order valence-electron chi connectivity index (χ1n) is 8.59. The van der Waals surface area contributed by atoms with Gasteiger partial charge in [0.15, 0.2) is 5.82 Å². The number of nitrogens with zero attached hydrogens (tertiary/aromatic N) is 3. The molecule has 6 heteroatoms. The molecule has 120 valence electrons. The predicted octanol–water partition coefficient (Wildman–Crippen LogP) is 2.78. The second-order valence-electron chi connectivity index (χ2n) is 7.08. The summed E-state index contributed by atoms with van der Waals surface area (Å²) < 4.78 is 5.44. The van der Waals surface area contributed by atoms with Gasteiger partial charge < -0.3 is 14.4 Å². The van der Waals surface area contributed by atoms with Gasteiger partial charge in [-0.15, -0.1) is 0 Å². The minimum Gasteiger partial charge on any atom is -0.364 e. The fourth-order valence-corrected chi connectivity index (χ4v) is 3.52. The van der Waals surface area contributed by atoms with Crippen molar-refractivity contribution in [3.63, 3.8) is 0 Å². The quantitative estimate of drug-likeness (QED) is 0.942. The van der Waals surface area contributed by atoms with Crippen LogP contribution in [0.3, 0.4) is 0 Å². The molecule has 0 unspecified atom stereocenters. The molecule has 3 heterocycles. The van der Waals surface area contributed by atoms with Crippen molar-refractivity contribution in [1.82, 2.24) is 20.0 Å². The van der Waals surface area contributed by atoms with E-state index in [1.165, 1.54) is 25.7 Å². The Morgan fingerprint density at radius 2 is 2.00 bits per heavy atom. The molecule has 1 N–H and O–H groups in total. The van der Waals surface area contributed by atoms with Gasteiger partial charge in [-0.05, 0) is 44.1 Å². The van der Waals surface area contributed by atoms with Crippen LogP contribution in [0.15, 0.2) is 16.8 Å². The van der Waals surface area contributed by atoms with Crippen LogP contribution in [0.1, 0.15) is 77.6 Å². The van der Waals surface area contributed by atoms with Crippen LogP contribution in [0.25, 0.3) is 0 Å². The van der Waals surface area contributed by atoms with E-state index in [0.717, 1.165) is 30.0 Å². The molecule has 3 aliphatic rings. The number of carbonyl (C=O) groups excluding carboxylic acids is 1. The number of hydrogen-bond donors (Lipinski definition) is 1. The maximum absolute atomic E-state index is 12.8. The normalized spacial score (nSPS) is 24.3. The third-order valence-corrected chi connectivity index (χ3v) is 5.22. The molecule has 0 spiro atoms. The molecular formula is C17H20N4O2. The summed E-state index contributed by atoms with van der Waals surface area (Å²) in [6.07, 6.45) is 7.51. The van der Waals surface area contributed by atoms with E-state index in [-0.39, 0.29) is 11.8 Å². The molecule has 3 fully saturated rings. The third-order valence-electron chi connectivity index (χ3n) is 5.22. The molecule has 1 aliphatic heterocycles. The summed E-state index contributed by atoms with van der Waals surface area (Å²) >= 11 is 0. The second-order valence-corrected chi connectivity index (χ2v) is 7.08. The number of amides is 1. The van der Waals surface area contributed by atoms with Crippen LogP contribution in [-0.4, -0.2) is 39.0 Å². The van der Waals surface area contributed by atoms with Gasteiger partial charge in [0.25, 0.3) is 5.91 Å². The highest BCUT2D eigenvalue weighted by molar-refractivity contribution is 5.96. The number of nitrogens with one attached hydrogen (secondary N) is 1. The molecule has 1 atom stereocenters. The Kier molecular flexibility index (Phi) is 2.87. The third kappa shape index (κ3) is 2.36. The lowest BCUT2D eigenvalue weighted by Gasteiger charge is -2.16. The molecule has 2 saturated carbocycles. The van der Waals surface area contributed by atoms with Crippen LogP contribution >= 0.6 is 0 Å². The summed E-state index contributed by atoms with van der Waals surface area (Å²) in [5.74, 6) is 2.94. The van der Waals surface area contributed by atoms with Crippen LogP contribution < -0.4 is 0 Å². The lowest BCUT2D eigenvalue weighted by molar-refractivity contribution is 0.0788.